The van der Waals surface area contributed by atoms with E-state index in [9.17, 15) is 9.59 Å². The van der Waals surface area contributed by atoms with Crippen molar-refractivity contribution >= 4 is 11.9 Å². The third kappa shape index (κ3) is 1.43. The molecule has 4 unspecified atom stereocenters. The Labute approximate surface area is 100.0 Å². The monoisotopic (exact) mass is 236 g/mol. The van der Waals surface area contributed by atoms with Gasteiger partial charge in [-0.3, -0.25) is 4.79 Å². The fourth-order valence-corrected chi connectivity index (χ4v) is 3.94. The number of fused-ring (bicyclic) bond motifs is 3. The SMILES string of the molecule is C=CC(=O)OC1CC2CC1C1(CCOC1=O)C2. The van der Waals surface area contributed by atoms with E-state index in [1.165, 1.54) is 6.08 Å². The minimum Gasteiger partial charge on any atom is -0.465 e. The van der Waals surface area contributed by atoms with Crippen molar-refractivity contribution in [1.82, 2.24) is 0 Å². The Bertz CT molecular complexity index is 389. The van der Waals surface area contributed by atoms with E-state index < -0.39 is 0 Å². The van der Waals surface area contributed by atoms with Crippen LogP contribution in [0.2, 0.25) is 0 Å². The first-order valence-corrected chi connectivity index (χ1v) is 6.16. The lowest BCUT2D eigenvalue weighted by Gasteiger charge is -2.34. The molecule has 17 heavy (non-hydrogen) atoms. The van der Waals surface area contributed by atoms with Crippen LogP contribution in [0.4, 0.5) is 0 Å². The Kier molecular flexibility index (Phi) is 2.28. The van der Waals surface area contributed by atoms with Gasteiger partial charge in [-0.05, 0) is 31.6 Å². The largest absolute Gasteiger partial charge is 0.465 e. The highest BCUT2D eigenvalue weighted by Crippen LogP contribution is 2.60. The van der Waals surface area contributed by atoms with Crippen molar-refractivity contribution in [1.29, 1.82) is 0 Å². The molecule has 4 atom stereocenters. The van der Waals surface area contributed by atoms with E-state index in [1.54, 1.807) is 0 Å². The van der Waals surface area contributed by atoms with Gasteiger partial charge < -0.3 is 9.47 Å². The van der Waals surface area contributed by atoms with Crippen molar-refractivity contribution in [3.8, 4) is 0 Å². The summed E-state index contributed by atoms with van der Waals surface area (Å²) in [7, 11) is 0. The molecular weight excluding hydrogens is 220 g/mol. The Morgan fingerprint density at radius 3 is 2.94 bits per heavy atom. The number of ether oxygens (including phenoxy) is 2. The Morgan fingerprint density at radius 2 is 2.35 bits per heavy atom. The number of cyclic esters (lactones) is 1. The van der Waals surface area contributed by atoms with Crippen molar-refractivity contribution in [2.45, 2.75) is 31.8 Å². The number of hydrogen-bond donors (Lipinski definition) is 0. The first kappa shape index (κ1) is 10.8. The van der Waals surface area contributed by atoms with Gasteiger partial charge in [0, 0.05) is 12.0 Å². The highest BCUT2D eigenvalue weighted by molar-refractivity contribution is 5.82. The summed E-state index contributed by atoms with van der Waals surface area (Å²) >= 11 is 0. The topological polar surface area (TPSA) is 52.6 Å². The fraction of sp³-hybridized carbons (Fsp3) is 0.692. The maximum absolute atomic E-state index is 11.9. The molecule has 0 aromatic carbocycles. The van der Waals surface area contributed by atoms with E-state index in [0.717, 1.165) is 25.7 Å². The lowest BCUT2D eigenvalue weighted by Crippen LogP contribution is -2.41. The van der Waals surface area contributed by atoms with Crippen molar-refractivity contribution in [2.75, 3.05) is 6.61 Å². The van der Waals surface area contributed by atoms with Gasteiger partial charge in [-0.25, -0.2) is 4.79 Å². The number of carbonyl (C=O) groups is 2. The van der Waals surface area contributed by atoms with E-state index in [0.29, 0.717) is 12.5 Å². The summed E-state index contributed by atoms with van der Waals surface area (Å²) in [5.74, 6) is 0.202. The Balaban J connectivity index is 1.81. The summed E-state index contributed by atoms with van der Waals surface area (Å²) in [5.41, 5.74) is -0.352. The average molecular weight is 236 g/mol. The quantitative estimate of drug-likeness (QED) is 0.538. The molecule has 1 saturated heterocycles. The smallest absolute Gasteiger partial charge is 0.330 e. The first-order chi connectivity index (χ1) is 8.15. The molecule has 2 aliphatic carbocycles. The normalized spacial score (nSPS) is 42.8. The molecule has 0 aromatic heterocycles. The minimum atomic E-state index is -0.385. The molecule has 92 valence electrons. The zero-order valence-electron chi connectivity index (χ0n) is 9.69. The first-order valence-electron chi connectivity index (χ1n) is 6.16. The van der Waals surface area contributed by atoms with Crippen LogP contribution < -0.4 is 0 Å². The van der Waals surface area contributed by atoms with Gasteiger partial charge in [-0.1, -0.05) is 6.58 Å². The fourth-order valence-electron chi connectivity index (χ4n) is 3.94. The van der Waals surface area contributed by atoms with E-state index in [4.69, 9.17) is 9.47 Å². The number of hydrogen-bond acceptors (Lipinski definition) is 4. The maximum atomic E-state index is 11.9. The van der Waals surface area contributed by atoms with Crippen LogP contribution in [0, 0.1) is 17.3 Å². The van der Waals surface area contributed by atoms with Gasteiger partial charge >= 0.3 is 11.9 Å². The van der Waals surface area contributed by atoms with Crippen LogP contribution in [0.1, 0.15) is 25.7 Å². The Hall–Kier alpha value is -1.32. The number of esters is 2. The van der Waals surface area contributed by atoms with Crippen LogP contribution in [0.5, 0.6) is 0 Å². The van der Waals surface area contributed by atoms with E-state index in [2.05, 4.69) is 6.58 Å². The summed E-state index contributed by atoms with van der Waals surface area (Å²) in [5, 5.41) is 0. The molecule has 3 aliphatic rings. The molecule has 1 heterocycles. The lowest BCUT2D eigenvalue weighted by molar-refractivity contribution is -0.158. The molecule has 2 bridgehead atoms. The van der Waals surface area contributed by atoms with Gasteiger partial charge in [-0.2, -0.15) is 0 Å². The van der Waals surface area contributed by atoms with E-state index in [1.807, 2.05) is 0 Å². The predicted octanol–water partition coefficient (Wildman–Crippen LogP) is 1.45. The molecule has 0 N–H and O–H groups in total. The van der Waals surface area contributed by atoms with Crippen molar-refractivity contribution in [3.63, 3.8) is 0 Å². The van der Waals surface area contributed by atoms with Gasteiger partial charge in [0.2, 0.25) is 0 Å². The van der Waals surface area contributed by atoms with Gasteiger partial charge in [0.25, 0.3) is 0 Å². The van der Waals surface area contributed by atoms with E-state index in [-0.39, 0.29) is 29.4 Å². The third-order valence-electron chi connectivity index (χ3n) is 4.59. The van der Waals surface area contributed by atoms with Crippen LogP contribution in [0.15, 0.2) is 12.7 Å². The average Bonchev–Trinajstić information content (AvgIpc) is 2.95. The van der Waals surface area contributed by atoms with Crippen molar-refractivity contribution < 1.29 is 19.1 Å². The summed E-state index contributed by atoms with van der Waals surface area (Å²) in [6.45, 7) is 3.92. The van der Waals surface area contributed by atoms with Gasteiger partial charge in [0.1, 0.15) is 6.10 Å². The van der Waals surface area contributed by atoms with Crippen LogP contribution >= 0.6 is 0 Å². The molecule has 3 fully saturated rings. The molecule has 4 nitrogen and oxygen atoms in total. The second kappa shape index (κ2) is 3.59. The number of rotatable bonds is 2. The molecule has 3 rings (SSSR count). The predicted molar refractivity (Wildman–Crippen MR) is 58.9 cm³/mol. The summed E-state index contributed by atoms with van der Waals surface area (Å²) in [4.78, 5) is 23.2. The van der Waals surface area contributed by atoms with Gasteiger partial charge in [0.15, 0.2) is 0 Å². The van der Waals surface area contributed by atoms with Gasteiger partial charge in [-0.15, -0.1) is 0 Å². The van der Waals surface area contributed by atoms with Crippen LogP contribution in [-0.2, 0) is 19.1 Å². The molecule has 2 saturated carbocycles. The second-order valence-corrected chi connectivity index (χ2v) is 5.37. The minimum absolute atomic E-state index is 0.0793. The van der Waals surface area contributed by atoms with Crippen molar-refractivity contribution in [3.05, 3.63) is 12.7 Å². The van der Waals surface area contributed by atoms with E-state index >= 15 is 0 Å². The summed E-state index contributed by atoms with van der Waals surface area (Å²) in [6, 6.07) is 0. The molecule has 1 spiro atoms. The summed E-state index contributed by atoms with van der Waals surface area (Å²) < 4.78 is 10.5. The van der Waals surface area contributed by atoms with Crippen LogP contribution in [0.25, 0.3) is 0 Å². The maximum Gasteiger partial charge on any atom is 0.330 e. The zero-order valence-corrected chi connectivity index (χ0v) is 9.69. The third-order valence-corrected chi connectivity index (χ3v) is 4.59. The highest BCUT2D eigenvalue weighted by atomic mass is 16.6. The molecule has 4 heteroatoms. The molecular formula is C13H16O4. The zero-order chi connectivity index (χ0) is 12.0. The molecule has 0 amide bonds. The highest BCUT2D eigenvalue weighted by Gasteiger charge is 2.63. The van der Waals surface area contributed by atoms with Crippen molar-refractivity contribution in [2.24, 2.45) is 17.3 Å². The molecule has 0 radical (unpaired) electrons. The Morgan fingerprint density at radius 1 is 1.53 bits per heavy atom. The van der Waals surface area contributed by atoms with Crippen LogP contribution in [-0.4, -0.2) is 24.6 Å². The van der Waals surface area contributed by atoms with Gasteiger partial charge in [0.05, 0.1) is 12.0 Å². The molecule has 0 aromatic rings. The lowest BCUT2D eigenvalue weighted by atomic mass is 9.71. The van der Waals surface area contributed by atoms with Crippen LogP contribution in [0.3, 0.4) is 0 Å². The standard InChI is InChI=1S/C13H16O4/c1-2-11(14)17-10-6-8-5-9(10)13(7-8)3-4-16-12(13)15/h2,8-10H,1,3-7H2. The number of carbonyl (C=O) groups excluding carboxylic acids is 2. The summed E-state index contributed by atoms with van der Waals surface area (Å²) in [6.07, 6.45) is 4.65. The second-order valence-electron chi connectivity index (χ2n) is 5.37. The molecule has 1 aliphatic heterocycles.